The molecule has 0 spiro atoms. The van der Waals surface area contributed by atoms with E-state index in [0.29, 0.717) is 11.0 Å². The number of nitrogens with one attached hydrogen (secondary N) is 1. The molecule has 0 atom stereocenters. The predicted molar refractivity (Wildman–Crippen MR) is 55.8 cm³/mol. The van der Waals surface area contributed by atoms with Crippen LogP contribution in [0.4, 0.5) is 0 Å². The first-order valence-electron chi connectivity index (χ1n) is 4.57. The molecule has 6 heteroatoms. The van der Waals surface area contributed by atoms with Gasteiger partial charge in [-0.25, -0.2) is 19.3 Å². The fourth-order valence-corrected chi connectivity index (χ4v) is 1.67. The molecule has 0 bridgehead atoms. The van der Waals surface area contributed by atoms with Crippen molar-refractivity contribution in [3.05, 3.63) is 40.4 Å². The van der Waals surface area contributed by atoms with Crippen LogP contribution in [-0.2, 0) is 0 Å². The van der Waals surface area contributed by atoms with Crippen molar-refractivity contribution in [1.29, 1.82) is 5.26 Å². The summed E-state index contributed by atoms with van der Waals surface area (Å²) >= 11 is 0. The van der Waals surface area contributed by atoms with E-state index in [2.05, 4.69) is 15.2 Å². The molecule has 0 aliphatic rings. The number of fused-ring (bicyclic) bond motifs is 3. The zero-order valence-electron chi connectivity index (χ0n) is 8.01. The second-order valence-electron chi connectivity index (χ2n) is 3.25. The van der Waals surface area contributed by atoms with Gasteiger partial charge < -0.3 is 0 Å². The number of nitrogens with zero attached hydrogens (tertiary/aromatic N) is 4. The number of hydrogen-bond acceptors (Lipinski definition) is 4. The van der Waals surface area contributed by atoms with Gasteiger partial charge >= 0.3 is 5.69 Å². The van der Waals surface area contributed by atoms with E-state index in [1.165, 1.54) is 4.40 Å². The Morgan fingerprint density at radius 2 is 2.19 bits per heavy atom. The number of benzene rings is 1. The molecule has 0 unspecified atom stereocenters. The van der Waals surface area contributed by atoms with Gasteiger partial charge in [0.15, 0.2) is 11.3 Å². The van der Waals surface area contributed by atoms with E-state index >= 15 is 0 Å². The van der Waals surface area contributed by atoms with Crippen molar-refractivity contribution in [3.8, 4) is 6.07 Å². The molecule has 1 aromatic carbocycles. The fourth-order valence-electron chi connectivity index (χ4n) is 1.67. The molecule has 1 N–H and O–H groups in total. The van der Waals surface area contributed by atoms with Gasteiger partial charge in [-0.2, -0.15) is 5.26 Å². The number of nitriles is 1. The van der Waals surface area contributed by atoms with E-state index < -0.39 is 0 Å². The van der Waals surface area contributed by atoms with E-state index in [4.69, 9.17) is 5.26 Å². The normalized spacial score (nSPS) is 10.7. The summed E-state index contributed by atoms with van der Waals surface area (Å²) in [6, 6.07) is 9.02. The molecule has 0 fully saturated rings. The van der Waals surface area contributed by atoms with Crippen LogP contribution in [0, 0.1) is 11.3 Å². The Morgan fingerprint density at radius 3 is 3.00 bits per heavy atom. The van der Waals surface area contributed by atoms with Crippen LogP contribution in [0.25, 0.3) is 16.7 Å². The molecular weight excluding hydrogens is 206 g/mol. The lowest BCUT2D eigenvalue weighted by atomic mass is 10.3. The molecule has 3 rings (SSSR count). The lowest BCUT2D eigenvalue weighted by molar-refractivity contribution is 1.04. The number of para-hydroxylation sites is 2. The van der Waals surface area contributed by atoms with Crippen LogP contribution in [-0.4, -0.2) is 19.6 Å². The van der Waals surface area contributed by atoms with Crippen molar-refractivity contribution in [2.24, 2.45) is 0 Å². The largest absolute Gasteiger partial charge is 0.348 e. The summed E-state index contributed by atoms with van der Waals surface area (Å²) < 4.78 is 1.35. The third kappa shape index (κ3) is 0.966. The smallest absolute Gasteiger partial charge is 0.246 e. The number of H-pyrrole nitrogens is 1. The first kappa shape index (κ1) is 8.61. The van der Waals surface area contributed by atoms with Crippen molar-refractivity contribution >= 4 is 16.7 Å². The average Bonchev–Trinajstić information content (AvgIpc) is 2.71. The van der Waals surface area contributed by atoms with E-state index in [1.54, 1.807) is 24.3 Å². The Balaban J connectivity index is 2.72. The molecule has 16 heavy (non-hydrogen) atoms. The highest BCUT2D eigenvalue weighted by Gasteiger charge is 2.11. The summed E-state index contributed by atoms with van der Waals surface area (Å²) in [4.78, 5) is 15.7. The molecule has 6 nitrogen and oxygen atoms in total. The summed E-state index contributed by atoms with van der Waals surface area (Å²) in [6.07, 6.45) is 0. The molecule has 0 saturated carbocycles. The van der Waals surface area contributed by atoms with Crippen LogP contribution in [0.15, 0.2) is 29.1 Å². The maximum Gasteiger partial charge on any atom is 0.348 e. The maximum absolute atomic E-state index is 11.6. The highest BCUT2D eigenvalue weighted by molar-refractivity contribution is 5.79. The molecular formula is C10H5N5O. The summed E-state index contributed by atoms with van der Waals surface area (Å²) in [5.41, 5.74) is 1.25. The topological polar surface area (TPSA) is 86.8 Å². The molecule has 0 aliphatic carbocycles. The van der Waals surface area contributed by atoms with Gasteiger partial charge in [0, 0.05) is 0 Å². The number of rotatable bonds is 0. The van der Waals surface area contributed by atoms with E-state index in [9.17, 15) is 4.79 Å². The van der Waals surface area contributed by atoms with Crippen LogP contribution >= 0.6 is 0 Å². The van der Waals surface area contributed by atoms with Gasteiger partial charge in [0.1, 0.15) is 6.07 Å². The van der Waals surface area contributed by atoms with Gasteiger partial charge in [-0.15, -0.1) is 5.10 Å². The minimum absolute atomic E-state index is 0.136. The predicted octanol–water partition coefficient (Wildman–Crippen LogP) is 0.442. The minimum atomic E-state index is -0.370. The zero-order chi connectivity index (χ0) is 11.1. The zero-order valence-corrected chi connectivity index (χ0v) is 8.01. The van der Waals surface area contributed by atoms with Gasteiger partial charge in [0.2, 0.25) is 0 Å². The van der Waals surface area contributed by atoms with Gasteiger partial charge in [0.05, 0.1) is 11.0 Å². The van der Waals surface area contributed by atoms with Crippen molar-refractivity contribution < 1.29 is 0 Å². The average molecular weight is 211 g/mol. The molecule has 3 aromatic rings. The number of aromatic amines is 1. The number of aromatic nitrogens is 4. The van der Waals surface area contributed by atoms with Gasteiger partial charge in [-0.05, 0) is 12.1 Å². The highest BCUT2D eigenvalue weighted by atomic mass is 16.1. The molecule has 0 amide bonds. The van der Waals surface area contributed by atoms with Crippen molar-refractivity contribution in [2.75, 3.05) is 0 Å². The molecule has 76 valence electrons. The SMILES string of the molecule is N#Cc1nc2ccccc2n2c(=O)[nH]nc12. The Morgan fingerprint density at radius 1 is 1.38 bits per heavy atom. The Kier molecular flexibility index (Phi) is 1.56. The first-order chi connectivity index (χ1) is 7.81. The van der Waals surface area contributed by atoms with E-state index in [-0.39, 0.29) is 17.0 Å². The van der Waals surface area contributed by atoms with Crippen LogP contribution in [0.5, 0.6) is 0 Å². The number of hydrogen-bond donors (Lipinski definition) is 1. The molecule has 0 saturated heterocycles. The second kappa shape index (κ2) is 2.90. The Labute approximate surface area is 88.8 Å². The van der Waals surface area contributed by atoms with Crippen LogP contribution in [0.1, 0.15) is 5.69 Å². The monoisotopic (exact) mass is 211 g/mol. The molecule has 2 heterocycles. The van der Waals surface area contributed by atoms with Crippen molar-refractivity contribution in [3.63, 3.8) is 0 Å². The summed E-state index contributed by atoms with van der Waals surface area (Å²) in [5, 5.41) is 15.0. The fraction of sp³-hybridized carbons (Fsp3) is 0. The maximum atomic E-state index is 11.6. The second-order valence-corrected chi connectivity index (χ2v) is 3.25. The van der Waals surface area contributed by atoms with Gasteiger partial charge in [-0.3, -0.25) is 0 Å². The van der Waals surface area contributed by atoms with E-state index in [1.807, 2.05) is 6.07 Å². The Bertz CT molecular complexity index is 792. The molecule has 2 aromatic heterocycles. The quantitative estimate of drug-likeness (QED) is 0.584. The van der Waals surface area contributed by atoms with Crippen LogP contribution in [0.3, 0.4) is 0 Å². The van der Waals surface area contributed by atoms with E-state index in [0.717, 1.165) is 0 Å². The summed E-state index contributed by atoms with van der Waals surface area (Å²) in [5.74, 6) is 0. The lowest BCUT2D eigenvalue weighted by Crippen LogP contribution is -2.11. The summed E-state index contributed by atoms with van der Waals surface area (Å²) in [7, 11) is 0. The van der Waals surface area contributed by atoms with Crippen molar-refractivity contribution in [1.82, 2.24) is 19.6 Å². The molecule has 0 aliphatic heterocycles. The van der Waals surface area contributed by atoms with Crippen LogP contribution in [0.2, 0.25) is 0 Å². The van der Waals surface area contributed by atoms with Crippen molar-refractivity contribution in [2.45, 2.75) is 0 Å². The highest BCUT2D eigenvalue weighted by Crippen LogP contribution is 2.13. The standard InChI is InChI=1S/C10H5N5O/c11-5-7-9-13-14-10(16)15(9)8-4-2-1-3-6(8)12-7/h1-4H,(H,14,16). The minimum Gasteiger partial charge on any atom is -0.246 e. The van der Waals surface area contributed by atoms with Gasteiger partial charge in [0.25, 0.3) is 0 Å². The molecule has 0 radical (unpaired) electrons. The third-order valence-corrected chi connectivity index (χ3v) is 2.34. The van der Waals surface area contributed by atoms with Gasteiger partial charge in [-0.1, -0.05) is 12.1 Å². The summed E-state index contributed by atoms with van der Waals surface area (Å²) in [6.45, 7) is 0. The lowest BCUT2D eigenvalue weighted by Gasteiger charge is -1.99. The third-order valence-electron chi connectivity index (χ3n) is 2.34. The van der Waals surface area contributed by atoms with Crippen LogP contribution < -0.4 is 5.69 Å². The first-order valence-corrected chi connectivity index (χ1v) is 4.57. The Hall–Kier alpha value is -2.68.